The van der Waals surface area contributed by atoms with E-state index in [2.05, 4.69) is 19.2 Å². The second kappa shape index (κ2) is 8.36. The number of rotatable bonds is 7. The smallest absolute Gasteiger partial charge is 0.220 e. The molecule has 78 valence electrons. The monoisotopic (exact) mass is 205 g/mol. The van der Waals surface area contributed by atoms with Gasteiger partial charge in [-0.15, -0.1) is 11.6 Å². The minimum atomic E-state index is 0.140. The van der Waals surface area contributed by atoms with Crippen LogP contribution in [0.2, 0.25) is 0 Å². The van der Waals surface area contributed by atoms with Gasteiger partial charge in [0.1, 0.15) is 0 Å². The van der Waals surface area contributed by atoms with Crippen LogP contribution in [0.25, 0.3) is 0 Å². The number of hydrogen-bond donors (Lipinski definition) is 1. The van der Waals surface area contributed by atoms with Gasteiger partial charge in [-0.3, -0.25) is 4.79 Å². The average molecular weight is 206 g/mol. The summed E-state index contributed by atoms with van der Waals surface area (Å²) in [6, 6.07) is 0.354. The lowest BCUT2D eigenvalue weighted by Crippen LogP contribution is -2.34. The highest BCUT2D eigenvalue weighted by Crippen LogP contribution is 2.02. The first-order valence-corrected chi connectivity index (χ1v) is 5.63. The van der Waals surface area contributed by atoms with Gasteiger partial charge in [0.05, 0.1) is 0 Å². The van der Waals surface area contributed by atoms with Gasteiger partial charge in [0.2, 0.25) is 5.91 Å². The number of nitrogens with one attached hydrogen (secondary N) is 1. The van der Waals surface area contributed by atoms with E-state index in [9.17, 15) is 4.79 Å². The van der Waals surface area contributed by atoms with Gasteiger partial charge in [-0.2, -0.15) is 0 Å². The van der Waals surface area contributed by atoms with Crippen molar-refractivity contribution >= 4 is 17.5 Å². The molecule has 0 heterocycles. The fourth-order valence-corrected chi connectivity index (χ4v) is 1.39. The summed E-state index contributed by atoms with van der Waals surface area (Å²) in [4.78, 5) is 11.3. The minimum Gasteiger partial charge on any atom is -0.353 e. The molecule has 0 spiro atoms. The van der Waals surface area contributed by atoms with Crippen LogP contribution in [-0.4, -0.2) is 17.8 Å². The number of carbonyl (C=O) groups is 1. The predicted molar refractivity (Wildman–Crippen MR) is 57.1 cm³/mol. The zero-order valence-corrected chi connectivity index (χ0v) is 9.36. The summed E-state index contributed by atoms with van der Waals surface area (Å²) in [5.74, 6) is 0.707. The Bertz CT molecular complexity index is 139. The number of halogens is 1. The maximum atomic E-state index is 11.3. The van der Waals surface area contributed by atoms with Crippen molar-refractivity contribution in [3.8, 4) is 0 Å². The molecule has 1 amide bonds. The van der Waals surface area contributed by atoms with E-state index in [-0.39, 0.29) is 5.91 Å². The van der Waals surface area contributed by atoms with Gasteiger partial charge in [0.15, 0.2) is 0 Å². The van der Waals surface area contributed by atoms with Gasteiger partial charge in [-0.25, -0.2) is 0 Å². The molecule has 0 fully saturated rings. The third-order valence-corrected chi connectivity index (χ3v) is 2.30. The lowest BCUT2D eigenvalue weighted by atomic mass is 10.1. The maximum absolute atomic E-state index is 11.3. The lowest BCUT2D eigenvalue weighted by Gasteiger charge is -2.15. The van der Waals surface area contributed by atoms with Gasteiger partial charge in [-0.05, 0) is 19.3 Å². The van der Waals surface area contributed by atoms with Crippen LogP contribution in [0.3, 0.4) is 0 Å². The molecular weight excluding hydrogens is 186 g/mol. The zero-order chi connectivity index (χ0) is 10.1. The van der Waals surface area contributed by atoms with Crippen LogP contribution in [0.1, 0.15) is 46.0 Å². The van der Waals surface area contributed by atoms with Crippen LogP contribution in [0, 0.1) is 0 Å². The van der Waals surface area contributed by atoms with Crippen molar-refractivity contribution in [1.29, 1.82) is 0 Å². The van der Waals surface area contributed by atoms with Crippen LogP contribution in [0.4, 0.5) is 0 Å². The molecule has 0 aromatic heterocycles. The van der Waals surface area contributed by atoms with E-state index < -0.39 is 0 Å². The first-order chi connectivity index (χ1) is 6.24. The normalized spacial score (nSPS) is 12.5. The molecule has 0 aliphatic heterocycles. The Hall–Kier alpha value is -0.240. The van der Waals surface area contributed by atoms with Crippen LogP contribution in [-0.2, 0) is 4.79 Å². The van der Waals surface area contributed by atoms with Gasteiger partial charge >= 0.3 is 0 Å². The first-order valence-electron chi connectivity index (χ1n) is 5.09. The summed E-state index contributed by atoms with van der Waals surface area (Å²) in [5.41, 5.74) is 0. The SMILES string of the molecule is CCCC(CC)NC(=O)CCCCl. The molecule has 0 saturated heterocycles. The molecule has 1 N–H and O–H groups in total. The van der Waals surface area contributed by atoms with E-state index in [0.29, 0.717) is 18.3 Å². The molecule has 0 aromatic rings. The molecule has 1 atom stereocenters. The van der Waals surface area contributed by atoms with E-state index >= 15 is 0 Å². The summed E-state index contributed by atoms with van der Waals surface area (Å²) in [7, 11) is 0. The summed E-state index contributed by atoms with van der Waals surface area (Å²) in [6.07, 6.45) is 4.54. The van der Waals surface area contributed by atoms with Crippen LogP contribution in [0.5, 0.6) is 0 Å². The van der Waals surface area contributed by atoms with Gasteiger partial charge < -0.3 is 5.32 Å². The molecule has 0 radical (unpaired) electrons. The molecule has 0 saturated carbocycles. The summed E-state index contributed by atoms with van der Waals surface area (Å²) in [6.45, 7) is 4.23. The Morgan fingerprint density at radius 3 is 2.62 bits per heavy atom. The standard InChI is InChI=1S/C10H20ClNO/c1-3-6-9(4-2)12-10(13)7-5-8-11/h9H,3-8H2,1-2H3,(H,12,13). The van der Waals surface area contributed by atoms with E-state index in [1.165, 1.54) is 0 Å². The van der Waals surface area contributed by atoms with E-state index in [4.69, 9.17) is 11.6 Å². The Labute approximate surface area is 86.0 Å². The largest absolute Gasteiger partial charge is 0.353 e. The molecular formula is C10H20ClNO. The van der Waals surface area contributed by atoms with E-state index in [0.717, 1.165) is 25.7 Å². The molecule has 0 bridgehead atoms. The average Bonchev–Trinajstić information content (AvgIpc) is 2.14. The predicted octanol–water partition coefficient (Wildman–Crippen LogP) is 2.70. The lowest BCUT2D eigenvalue weighted by molar-refractivity contribution is -0.121. The Kier molecular flexibility index (Phi) is 8.21. The van der Waals surface area contributed by atoms with Gasteiger partial charge in [0, 0.05) is 18.3 Å². The maximum Gasteiger partial charge on any atom is 0.220 e. The van der Waals surface area contributed by atoms with Gasteiger partial charge in [0.25, 0.3) is 0 Å². The molecule has 13 heavy (non-hydrogen) atoms. The third-order valence-electron chi connectivity index (χ3n) is 2.03. The highest BCUT2D eigenvalue weighted by molar-refractivity contribution is 6.17. The van der Waals surface area contributed by atoms with Crippen LogP contribution < -0.4 is 5.32 Å². The van der Waals surface area contributed by atoms with Crippen molar-refractivity contribution in [2.75, 3.05) is 5.88 Å². The Morgan fingerprint density at radius 1 is 1.46 bits per heavy atom. The van der Waals surface area contributed by atoms with Gasteiger partial charge in [-0.1, -0.05) is 20.3 Å². The second-order valence-electron chi connectivity index (χ2n) is 3.25. The second-order valence-corrected chi connectivity index (χ2v) is 3.63. The Morgan fingerprint density at radius 2 is 2.15 bits per heavy atom. The number of amides is 1. The summed E-state index contributed by atoms with van der Waals surface area (Å²) >= 11 is 5.50. The van der Waals surface area contributed by atoms with Crippen LogP contribution in [0.15, 0.2) is 0 Å². The van der Waals surface area contributed by atoms with Crippen molar-refractivity contribution in [2.24, 2.45) is 0 Å². The van der Waals surface area contributed by atoms with Crippen molar-refractivity contribution in [2.45, 2.75) is 52.0 Å². The molecule has 0 rings (SSSR count). The number of alkyl halides is 1. The summed E-state index contributed by atoms with van der Waals surface area (Å²) in [5, 5.41) is 3.00. The third kappa shape index (κ3) is 6.88. The molecule has 0 aromatic carbocycles. The molecule has 0 aliphatic rings. The fraction of sp³-hybridized carbons (Fsp3) is 0.900. The topological polar surface area (TPSA) is 29.1 Å². The van der Waals surface area contributed by atoms with E-state index in [1.807, 2.05) is 0 Å². The molecule has 0 aliphatic carbocycles. The number of carbonyl (C=O) groups excluding carboxylic acids is 1. The van der Waals surface area contributed by atoms with E-state index in [1.54, 1.807) is 0 Å². The minimum absolute atomic E-state index is 0.140. The first kappa shape index (κ1) is 12.8. The number of hydrogen-bond acceptors (Lipinski definition) is 1. The molecule has 1 unspecified atom stereocenters. The Balaban J connectivity index is 3.60. The summed E-state index contributed by atoms with van der Waals surface area (Å²) < 4.78 is 0. The molecule has 3 heteroatoms. The van der Waals surface area contributed by atoms with Crippen molar-refractivity contribution in [3.05, 3.63) is 0 Å². The highest BCUT2D eigenvalue weighted by Gasteiger charge is 2.08. The van der Waals surface area contributed by atoms with Crippen LogP contribution >= 0.6 is 11.6 Å². The molecule has 2 nitrogen and oxygen atoms in total. The van der Waals surface area contributed by atoms with Crippen molar-refractivity contribution < 1.29 is 4.79 Å². The van der Waals surface area contributed by atoms with Crippen molar-refractivity contribution in [3.63, 3.8) is 0 Å². The fourth-order valence-electron chi connectivity index (χ4n) is 1.25. The van der Waals surface area contributed by atoms with Crippen molar-refractivity contribution in [1.82, 2.24) is 5.32 Å². The quantitative estimate of drug-likeness (QED) is 0.637. The highest BCUT2D eigenvalue weighted by atomic mass is 35.5. The zero-order valence-electron chi connectivity index (χ0n) is 8.61.